The van der Waals surface area contributed by atoms with Gasteiger partial charge in [0.1, 0.15) is 16.9 Å². The van der Waals surface area contributed by atoms with Crippen molar-refractivity contribution in [2.75, 3.05) is 30.8 Å². The highest BCUT2D eigenvalue weighted by Crippen LogP contribution is 2.36. The maximum Gasteiger partial charge on any atom is 0.255 e. The number of benzene rings is 1. The Balaban J connectivity index is 2.02. The molecule has 0 aliphatic rings. The molecule has 0 aliphatic carbocycles. The standard InChI is InChI=1S/C19H22F3N7O/c1-19(2,22)10-25-18-26-17(30-3)16-12(6-7-29(16)28-18)11-4-5-13(27-23)14(8-11)24-9-15(20)21/h4-8,15,23-24H,9-10H2,1-3H3,(H,25,28). The first-order chi connectivity index (χ1) is 14.2. The molecule has 0 radical (unpaired) electrons. The number of hydrogen-bond acceptors (Lipinski definition) is 7. The lowest BCUT2D eigenvalue weighted by Gasteiger charge is -2.15. The van der Waals surface area contributed by atoms with E-state index < -0.39 is 18.6 Å². The predicted octanol–water partition coefficient (Wildman–Crippen LogP) is 4.90. The molecule has 2 aromatic heterocycles. The molecule has 3 aromatic rings. The summed E-state index contributed by atoms with van der Waals surface area (Å²) in [5.41, 5.74) is 8.27. The average Bonchev–Trinajstić information content (AvgIpc) is 3.13. The molecule has 3 rings (SSSR count). The summed E-state index contributed by atoms with van der Waals surface area (Å²) in [6.45, 7) is 2.34. The molecule has 8 nitrogen and oxygen atoms in total. The zero-order valence-electron chi connectivity index (χ0n) is 16.7. The predicted molar refractivity (Wildman–Crippen MR) is 108 cm³/mol. The van der Waals surface area contributed by atoms with Gasteiger partial charge in [0.05, 0.1) is 25.9 Å². The molecular weight excluding hydrogens is 399 g/mol. The molecule has 0 bridgehead atoms. The first-order valence-electron chi connectivity index (χ1n) is 9.12. The topological polar surface area (TPSA) is 99.7 Å². The van der Waals surface area contributed by atoms with E-state index in [-0.39, 0.29) is 24.1 Å². The van der Waals surface area contributed by atoms with Gasteiger partial charge in [-0.05, 0) is 37.6 Å². The summed E-state index contributed by atoms with van der Waals surface area (Å²) in [6, 6.07) is 6.68. The first kappa shape index (κ1) is 21.3. The Labute approximate surface area is 171 Å². The molecule has 11 heteroatoms. The number of fused-ring (bicyclic) bond motifs is 1. The van der Waals surface area contributed by atoms with Gasteiger partial charge in [-0.1, -0.05) is 6.07 Å². The minimum Gasteiger partial charge on any atom is -0.479 e. The van der Waals surface area contributed by atoms with Crippen LogP contribution in [0.25, 0.3) is 16.6 Å². The van der Waals surface area contributed by atoms with Gasteiger partial charge in [0.2, 0.25) is 11.8 Å². The number of alkyl halides is 3. The summed E-state index contributed by atoms with van der Waals surface area (Å²) in [7, 11) is 1.46. The molecule has 30 heavy (non-hydrogen) atoms. The number of ether oxygens (including phenoxy) is 1. The zero-order chi connectivity index (χ0) is 21.9. The van der Waals surface area contributed by atoms with Crippen molar-refractivity contribution in [3.05, 3.63) is 30.5 Å². The van der Waals surface area contributed by atoms with Crippen molar-refractivity contribution < 1.29 is 17.9 Å². The Hall–Kier alpha value is -3.37. The fourth-order valence-corrected chi connectivity index (χ4v) is 2.86. The molecule has 0 fully saturated rings. The second-order valence-electron chi connectivity index (χ2n) is 7.16. The molecule has 0 saturated carbocycles. The summed E-state index contributed by atoms with van der Waals surface area (Å²) >= 11 is 0. The molecule has 0 atom stereocenters. The first-order valence-corrected chi connectivity index (χ1v) is 9.12. The monoisotopic (exact) mass is 421 g/mol. The van der Waals surface area contributed by atoms with Crippen molar-refractivity contribution in [1.29, 1.82) is 5.53 Å². The number of halogens is 3. The average molecular weight is 421 g/mol. The van der Waals surface area contributed by atoms with Gasteiger partial charge in [0.25, 0.3) is 6.43 Å². The van der Waals surface area contributed by atoms with E-state index in [1.54, 1.807) is 35.0 Å². The number of nitrogens with one attached hydrogen (secondary N) is 3. The van der Waals surface area contributed by atoms with Crippen LogP contribution in [-0.2, 0) is 0 Å². The van der Waals surface area contributed by atoms with Crippen LogP contribution in [0.4, 0.5) is 30.5 Å². The fourth-order valence-electron chi connectivity index (χ4n) is 2.86. The minimum absolute atomic E-state index is 0.0209. The molecule has 1 aromatic carbocycles. The summed E-state index contributed by atoms with van der Waals surface area (Å²) in [6.07, 6.45) is -0.855. The smallest absolute Gasteiger partial charge is 0.255 e. The molecule has 0 aliphatic heterocycles. The quantitative estimate of drug-likeness (QED) is 0.427. The highest BCUT2D eigenvalue weighted by molar-refractivity contribution is 5.87. The largest absolute Gasteiger partial charge is 0.479 e. The molecular formula is C19H22F3N7O. The Morgan fingerprint density at radius 3 is 2.67 bits per heavy atom. The van der Waals surface area contributed by atoms with Crippen LogP contribution in [0.1, 0.15) is 13.8 Å². The van der Waals surface area contributed by atoms with E-state index in [1.165, 1.54) is 21.0 Å². The van der Waals surface area contributed by atoms with E-state index in [2.05, 4.69) is 25.8 Å². The van der Waals surface area contributed by atoms with Crippen LogP contribution in [0, 0.1) is 5.53 Å². The second kappa shape index (κ2) is 8.56. The van der Waals surface area contributed by atoms with Gasteiger partial charge in [-0.25, -0.2) is 23.2 Å². The highest BCUT2D eigenvalue weighted by atomic mass is 19.3. The molecule has 160 valence electrons. The van der Waals surface area contributed by atoms with Gasteiger partial charge in [-0.3, -0.25) is 0 Å². The van der Waals surface area contributed by atoms with Gasteiger partial charge in [-0.2, -0.15) is 10.1 Å². The number of rotatable bonds is 9. The molecule has 0 spiro atoms. The number of anilines is 2. The Morgan fingerprint density at radius 2 is 2.03 bits per heavy atom. The summed E-state index contributed by atoms with van der Waals surface area (Å²) in [5, 5.41) is 13.1. The van der Waals surface area contributed by atoms with E-state index in [9.17, 15) is 13.2 Å². The van der Waals surface area contributed by atoms with Crippen molar-refractivity contribution in [1.82, 2.24) is 14.6 Å². The van der Waals surface area contributed by atoms with E-state index in [0.29, 0.717) is 22.3 Å². The maximum atomic E-state index is 13.8. The van der Waals surface area contributed by atoms with Gasteiger partial charge in [0.15, 0.2) is 0 Å². The van der Waals surface area contributed by atoms with E-state index >= 15 is 0 Å². The van der Waals surface area contributed by atoms with Crippen LogP contribution in [-0.4, -0.2) is 46.9 Å². The molecule has 2 heterocycles. The normalized spacial score (nSPS) is 11.7. The lowest BCUT2D eigenvalue weighted by Crippen LogP contribution is -2.25. The SMILES string of the molecule is COc1nc(NCC(C)(C)F)nn2ccc(-c3ccc(N=N)c(NCC(F)F)c3)c12. The fraction of sp³-hybridized carbons (Fsp3) is 0.368. The Kier molecular flexibility index (Phi) is 6.09. The van der Waals surface area contributed by atoms with Gasteiger partial charge in [-0.15, -0.1) is 5.10 Å². The number of hydrogen-bond donors (Lipinski definition) is 3. The van der Waals surface area contributed by atoms with E-state index in [4.69, 9.17) is 10.3 Å². The van der Waals surface area contributed by atoms with Crippen molar-refractivity contribution in [3.63, 3.8) is 0 Å². The van der Waals surface area contributed by atoms with Crippen molar-refractivity contribution >= 4 is 22.8 Å². The lowest BCUT2D eigenvalue weighted by atomic mass is 10.1. The Morgan fingerprint density at radius 1 is 1.27 bits per heavy atom. The molecule has 0 unspecified atom stereocenters. The second-order valence-corrected chi connectivity index (χ2v) is 7.16. The van der Waals surface area contributed by atoms with Crippen LogP contribution < -0.4 is 15.4 Å². The third-order valence-corrected chi connectivity index (χ3v) is 4.21. The van der Waals surface area contributed by atoms with Gasteiger partial charge < -0.3 is 15.4 Å². The third kappa shape index (κ3) is 4.78. The zero-order valence-corrected chi connectivity index (χ0v) is 16.7. The number of aromatic nitrogens is 3. The summed E-state index contributed by atoms with van der Waals surface area (Å²) in [4.78, 5) is 4.30. The third-order valence-electron chi connectivity index (χ3n) is 4.21. The van der Waals surface area contributed by atoms with Crippen molar-refractivity contribution in [2.24, 2.45) is 5.11 Å². The lowest BCUT2D eigenvalue weighted by molar-refractivity contribution is 0.163. The molecule has 0 amide bonds. The maximum absolute atomic E-state index is 13.8. The summed E-state index contributed by atoms with van der Waals surface area (Å²) < 4.78 is 45.9. The van der Waals surface area contributed by atoms with Crippen LogP contribution in [0.5, 0.6) is 5.88 Å². The molecule has 0 saturated heterocycles. The number of nitrogens with zero attached hydrogens (tertiary/aromatic N) is 4. The summed E-state index contributed by atoms with van der Waals surface area (Å²) in [5.74, 6) is 0.468. The van der Waals surface area contributed by atoms with Crippen LogP contribution in [0.2, 0.25) is 0 Å². The van der Waals surface area contributed by atoms with Gasteiger partial charge >= 0.3 is 0 Å². The highest BCUT2D eigenvalue weighted by Gasteiger charge is 2.19. The van der Waals surface area contributed by atoms with Crippen LogP contribution in [0.15, 0.2) is 35.6 Å². The Bertz CT molecular complexity index is 1050. The number of methoxy groups -OCH3 is 1. The molecule has 3 N–H and O–H groups in total. The van der Waals surface area contributed by atoms with E-state index in [0.717, 1.165) is 0 Å². The van der Waals surface area contributed by atoms with Crippen molar-refractivity contribution in [2.45, 2.75) is 25.9 Å². The van der Waals surface area contributed by atoms with Crippen molar-refractivity contribution in [3.8, 4) is 17.0 Å². The van der Waals surface area contributed by atoms with Crippen LogP contribution in [0.3, 0.4) is 0 Å². The van der Waals surface area contributed by atoms with Crippen LogP contribution >= 0.6 is 0 Å². The van der Waals surface area contributed by atoms with E-state index in [1.807, 2.05) is 0 Å². The van der Waals surface area contributed by atoms with Gasteiger partial charge in [0, 0.05) is 11.8 Å². The minimum atomic E-state index is -2.55.